The second-order valence-electron chi connectivity index (χ2n) is 4.91. The summed E-state index contributed by atoms with van der Waals surface area (Å²) in [4.78, 5) is 12.1. The maximum atomic E-state index is 12.1. The minimum Gasteiger partial charge on any atom is -0.464 e. The Kier molecular flexibility index (Phi) is 5.18. The molecular weight excluding hydrogens is 316 g/mol. The van der Waals surface area contributed by atoms with Crippen LogP contribution in [-0.4, -0.2) is 16.9 Å². The number of carbonyl (C=O) groups excluding carboxylic acids is 1. The van der Waals surface area contributed by atoms with E-state index in [0.29, 0.717) is 13.0 Å². The van der Waals surface area contributed by atoms with Crippen molar-refractivity contribution in [2.75, 3.05) is 6.61 Å². The van der Waals surface area contributed by atoms with Gasteiger partial charge < -0.3 is 4.74 Å². The molecule has 3 heteroatoms. The van der Waals surface area contributed by atoms with Crippen molar-refractivity contribution in [3.63, 3.8) is 0 Å². The Morgan fingerprint density at radius 3 is 2.70 bits per heavy atom. The first-order valence-electron chi connectivity index (χ1n) is 6.96. The number of benzene rings is 1. The number of alkyl halides is 1. The van der Waals surface area contributed by atoms with Gasteiger partial charge in [0.15, 0.2) is 0 Å². The highest BCUT2D eigenvalue weighted by molar-refractivity contribution is 9.10. The molecule has 0 amide bonds. The predicted molar refractivity (Wildman–Crippen MR) is 85.7 cm³/mol. The van der Waals surface area contributed by atoms with Gasteiger partial charge in [0, 0.05) is 0 Å². The Labute approximate surface area is 128 Å². The molecule has 1 aromatic carbocycles. The standard InChI is InChI=1S/C17H19BrO2/c1-2-3-13-20-16(19)17(18)11-9-15(10-12-17)14-7-5-4-6-8-14/h4-11H,2-3,12-13H2,1H3. The van der Waals surface area contributed by atoms with Crippen LogP contribution < -0.4 is 0 Å². The number of hydrogen-bond acceptors (Lipinski definition) is 2. The van der Waals surface area contributed by atoms with Crippen molar-refractivity contribution < 1.29 is 9.53 Å². The van der Waals surface area contributed by atoms with E-state index in [2.05, 4.69) is 41.1 Å². The first-order valence-corrected chi connectivity index (χ1v) is 7.76. The summed E-state index contributed by atoms with van der Waals surface area (Å²) in [5.41, 5.74) is 2.31. The van der Waals surface area contributed by atoms with Crippen molar-refractivity contribution in [3.8, 4) is 0 Å². The maximum Gasteiger partial charge on any atom is 0.327 e. The van der Waals surface area contributed by atoms with Gasteiger partial charge in [-0.1, -0.05) is 77.8 Å². The second-order valence-corrected chi connectivity index (χ2v) is 6.33. The SMILES string of the molecule is CCCCOC(=O)C1(Br)C=CC(c2ccccc2)=CC1. The molecule has 1 atom stereocenters. The van der Waals surface area contributed by atoms with E-state index in [9.17, 15) is 4.79 Å². The van der Waals surface area contributed by atoms with Gasteiger partial charge in [0.25, 0.3) is 0 Å². The highest BCUT2D eigenvalue weighted by atomic mass is 79.9. The van der Waals surface area contributed by atoms with E-state index in [1.807, 2.05) is 30.4 Å². The Morgan fingerprint density at radius 1 is 1.35 bits per heavy atom. The molecule has 2 rings (SSSR count). The van der Waals surface area contributed by atoms with Crippen molar-refractivity contribution >= 4 is 27.5 Å². The molecule has 1 unspecified atom stereocenters. The van der Waals surface area contributed by atoms with E-state index in [0.717, 1.165) is 24.0 Å². The summed E-state index contributed by atoms with van der Waals surface area (Å²) in [5.74, 6) is -0.203. The number of carbonyl (C=O) groups is 1. The lowest BCUT2D eigenvalue weighted by Gasteiger charge is -2.24. The number of hydrogen-bond donors (Lipinski definition) is 0. The van der Waals surface area contributed by atoms with Gasteiger partial charge in [0.1, 0.15) is 4.32 Å². The Balaban J connectivity index is 2.01. The van der Waals surface area contributed by atoms with Crippen LogP contribution in [0.15, 0.2) is 48.6 Å². The lowest BCUT2D eigenvalue weighted by Crippen LogP contribution is -2.32. The van der Waals surface area contributed by atoms with Crippen LogP contribution in [0.4, 0.5) is 0 Å². The van der Waals surface area contributed by atoms with E-state index in [1.165, 1.54) is 0 Å². The van der Waals surface area contributed by atoms with Crippen molar-refractivity contribution in [1.29, 1.82) is 0 Å². The van der Waals surface area contributed by atoms with Crippen LogP contribution in [0.2, 0.25) is 0 Å². The van der Waals surface area contributed by atoms with E-state index in [-0.39, 0.29) is 5.97 Å². The van der Waals surface area contributed by atoms with Gasteiger partial charge in [-0.15, -0.1) is 0 Å². The maximum absolute atomic E-state index is 12.1. The first kappa shape index (κ1) is 15.0. The third-order valence-corrected chi connectivity index (χ3v) is 4.24. The molecule has 0 bridgehead atoms. The molecule has 2 nitrogen and oxygen atoms in total. The summed E-state index contributed by atoms with van der Waals surface area (Å²) >= 11 is 3.51. The van der Waals surface area contributed by atoms with Crippen LogP contribution in [0.5, 0.6) is 0 Å². The third-order valence-electron chi connectivity index (χ3n) is 3.32. The minimum atomic E-state index is -0.709. The van der Waals surface area contributed by atoms with E-state index < -0.39 is 4.32 Å². The molecule has 106 valence electrons. The number of halogens is 1. The van der Waals surface area contributed by atoms with Gasteiger partial charge in [0.2, 0.25) is 0 Å². The van der Waals surface area contributed by atoms with Crippen molar-refractivity contribution in [1.82, 2.24) is 0 Å². The summed E-state index contributed by atoms with van der Waals surface area (Å²) < 4.78 is 4.59. The average molecular weight is 335 g/mol. The first-order chi connectivity index (χ1) is 9.65. The zero-order valence-corrected chi connectivity index (χ0v) is 13.2. The number of unbranched alkanes of at least 4 members (excludes halogenated alkanes) is 1. The molecule has 1 aliphatic rings. The van der Waals surface area contributed by atoms with Gasteiger partial charge in [-0.25, -0.2) is 0 Å². The van der Waals surface area contributed by atoms with Crippen LogP contribution in [-0.2, 0) is 9.53 Å². The molecule has 0 N–H and O–H groups in total. The Hall–Kier alpha value is -1.35. The Bertz CT molecular complexity index is 519. The predicted octanol–water partition coefficient (Wildman–Crippen LogP) is 4.51. The second kappa shape index (κ2) is 6.89. The zero-order chi connectivity index (χ0) is 14.4. The van der Waals surface area contributed by atoms with Gasteiger partial charge in [0.05, 0.1) is 6.61 Å². The third kappa shape index (κ3) is 3.60. The summed E-state index contributed by atoms with van der Waals surface area (Å²) in [6, 6.07) is 10.2. The molecule has 0 aromatic heterocycles. The van der Waals surface area contributed by atoms with Gasteiger partial charge in [-0.05, 0) is 24.0 Å². The lowest BCUT2D eigenvalue weighted by atomic mass is 9.93. The summed E-state index contributed by atoms with van der Waals surface area (Å²) in [6.07, 6.45) is 8.49. The van der Waals surface area contributed by atoms with E-state index >= 15 is 0 Å². The number of ether oxygens (including phenoxy) is 1. The summed E-state index contributed by atoms with van der Waals surface area (Å²) in [5, 5.41) is 0. The molecule has 0 aliphatic heterocycles. The topological polar surface area (TPSA) is 26.3 Å². The van der Waals surface area contributed by atoms with Gasteiger partial charge >= 0.3 is 5.97 Å². The minimum absolute atomic E-state index is 0.203. The fourth-order valence-electron chi connectivity index (χ4n) is 2.04. The molecule has 0 saturated heterocycles. The van der Waals surface area contributed by atoms with Crippen LogP contribution in [0.1, 0.15) is 31.7 Å². The van der Waals surface area contributed by atoms with E-state index in [4.69, 9.17) is 4.74 Å². The number of rotatable bonds is 5. The van der Waals surface area contributed by atoms with Gasteiger partial charge in [-0.2, -0.15) is 0 Å². The van der Waals surface area contributed by atoms with Crippen LogP contribution in [0.25, 0.3) is 5.57 Å². The highest BCUT2D eigenvalue weighted by Crippen LogP contribution is 2.34. The molecule has 0 saturated carbocycles. The summed E-state index contributed by atoms with van der Waals surface area (Å²) in [6.45, 7) is 2.57. The molecule has 0 spiro atoms. The van der Waals surface area contributed by atoms with Gasteiger partial charge in [-0.3, -0.25) is 4.79 Å². The van der Waals surface area contributed by atoms with E-state index in [1.54, 1.807) is 0 Å². The van der Waals surface area contributed by atoms with Crippen molar-refractivity contribution in [3.05, 3.63) is 54.1 Å². The molecule has 0 heterocycles. The molecule has 20 heavy (non-hydrogen) atoms. The highest BCUT2D eigenvalue weighted by Gasteiger charge is 2.35. The van der Waals surface area contributed by atoms with Crippen LogP contribution in [0, 0.1) is 0 Å². The fourth-order valence-corrected chi connectivity index (χ4v) is 2.45. The largest absolute Gasteiger partial charge is 0.464 e. The summed E-state index contributed by atoms with van der Waals surface area (Å²) in [7, 11) is 0. The van der Waals surface area contributed by atoms with Crippen molar-refractivity contribution in [2.45, 2.75) is 30.5 Å². The number of allylic oxidation sites excluding steroid dienone is 3. The molecule has 0 radical (unpaired) electrons. The quantitative estimate of drug-likeness (QED) is 0.450. The lowest BCUT2D eigenvalue weighted by molar-refractivity contribution is -0.145. The fraction of sp³-hybridized carbons (Fsp3) is 0.353. The average Bonchev–Trinajstić information content (AvgIpc) is 2.49. The molecule has 1 aromatic rings. The molecule has 0 fully saturated rings. The Morgan fingerprint density at radius 2 is 2.10 bits per heavy atom. The van der Waals surface area contributed by atoms with Crippen LogP contribution >= 0.6 is 15.9 Å². The zero-order valence-electron chi connectivity index (χ0n) is 11.6. The smallest absolute Gasteiger partial charge is 0.327 e. The van der Waals surface area contributed by atoms with Crippen molar-refractivity contribution in [2.24, 2.45) is 0 Å². The monoisotopic (exact) mass is 334 g/mol. The van der Waals surface area contributed by atoms with Crippen LogP contribution in [0.3, 0.4) is 0 Å². The molecular formula is C17H19BrO2. The molecule has 1 aliphatic carbocycles. The number of esters is 1. The normalized spacial score (nSPS) is 21.4.